The van der Waals surface area contributed by atoms with E-state index in [1.54, 1.807) is 12.1 Å². The zero-order valence-electron chi connectivity index (χ0n) is 17.2. The molecule has 0 aromatic heterocycles. The molecule has 2 heterocycles. The molecule has 2 aromatic carbocycles. The number of nitrogens with one attached hydrogen (secondary N) is 1. The third-order valence-corrected chi connectivity index (χ3v) is 6.23. The average molecular weight is 428 g/mol. The number of carboxylic acid groups (broad SMARTS) is 1. The zero-order chi connectivity index (χ0) is 21.3. The van der Waals surface area contributed by atoms with Crippen LogP contribution in [0.2, 0.25) is 5.02 Å². The number of halogens is 1. The molecular formula is C23H26ClN3O3. The number of aliphatic carboxylic acids is 1. The summed E-state index contributed by atoms with van der Waals surface area (Å²) in [4.78, 5) is 19.2. The molecule has 158 valence electrons. The summed E-state index contributed by atoms with van der Waals surface area (Å²) >= 11 is 6.21. The fourth-order valence-electron chi connectivity index (χ4n) is 4.26. The molecule has 0 saturated carbocycles. The first-order valence-corrected chi connectivity index (χ1v) is 10.7. The highest BCUT2D eigenvalue weighted by Gasteiger charge is 2.43. The molecule has 2 aliphatic heterocycles. The highest BCUT2D eigenvalue weighted by Crippen LogP contribution is 2.40. The van der Waals surface area contributed by atoms with Crippen molar-refractivity contribution in [3.63, 3.8) is 0 Å². The number of carbonyl (C=O) groups is 1. The number of hydrogen-bond acceptors (Lipinski definition) is 5. The monoisotopic (exact) mass is 427 g/mol. The molecule has 2 atom stereocenters. The van der Waals surface area contributed by atoms with Crippen molar-refractivity contribution in [2.75, 3.05) is 19.6 Å². The van der Waals surface area contributed by atoms with E-state index >= 15 is 0 Å². The van der Waals surface area contributed by atoms with Gasteiger partial charge in [0.1, 0.15) is 17.3 Å². The van der Waals surface area contributed by atoms with Gasteiger partial charge in [-0.15, -0.1) is 0 Å². The van der Waals surface area contributed by atoms with Crippen molar-refractivity contribution in [2.45, 2.75) is 32.7 Å². The Morgan fingerprint density at radius 2 is 2.13 bits per heavy atom. The number of rotatable bonds is 4. The number of ether oxygens (including phenoxy) is 1. The van der Waals surface area contributed by atoms with E-state index < -0.39 is 11.4 Å². The number of piperazine rings is 1. The number of benzene rings is 2. The molecule has 1 fully saturated rings. The minimum absolute atomic E-state index is 0.193. The first kappa shape index (κ1) is 20.7. The molecule has 7 heteroatoms. The summed E-state index contributed by atoms with van der Waals surface area (Å²) in [5, 5.41) is 14.0. The minimum atomic E-state index is -0.851. The molecule has 0 radical (unpaired) electrons. The Morgan fingerprint density at radius 1 is 1.33 bits per heavy atom. The van der Waals surface area contributed by atoms with Gasteiger partial charge in [0, 0.05) is 30.7 Å². The first-order valence-electron chi connectivity index (χ1n) is 10.3. The number of aliphatic imine (C=N–C) groups is 1. The van der Waals surface area contributed by atoms with E-state index in [0.717, 1.165) is 30.1 Å². The third kappa shape index (κ3) is 3.77. The molecule has 30 heavy (non-hydrogen) atoms. The van der Waals surface area contributed by atoms with E-state index in [1.165, 1.54) is 0 Å². The molecule has 4 rings (SSSR count). The maximum Gasteiger partial charge on any atom is 0.311 e. The lowest BCUT2D eigenvalue weighted by Crippen LogP contribution is -2.60. The normalized spacial score (nSPS) is 20.2. The number of hydrogen-bond donors (Lipinski definition) is 2. The van der Waals surface area contributed by atoms with Crippen LogP contribution in [-0.4, -0.2) is 47.5 Å². The standard InChI is InChI=1S/C23H26ClN3O3/c1-3-10-23(2,22(28)29)20-14-27(12-11-25-20)21-16-6-4-5-7-18(16)30-19-9-8-15(24)13-17(19)26-21/h4-9,13,20,25H,3,10-12,14H2,1-2H3,(H,28,29)/t20?,23-/m1/s1. The van der Waals surface area contributed by atoms with Gasteiger partial charge < -0.3 is 20.1 Å². The summed E-state index contributed by atoms with van der Waals surface area (Å²) in [7, 11) is 0. The number of fused-ring (bicyclic) bond motifs is 2. The largest absolute Gasteiger partial charge is 0.481 e. The van der Waals surface area contributed by atoms with Gasteiger partial charge in [0.25, 0.3) is 0 Å². The van der Waals surface area contributed by atoms with Crippen LogP contribution in [0.5, 0.6) is 11.5 Å². The van der Waals surface area contributed by atoms with Crippen LogP contribution in [0, 0.1) is 5.41 Å². The fraction of sp³-hybridized carbons (Fsp3) is 0.391. The van der Waals surface area contributed by atoms with E-state index in [1.807, 2.05) is 44.2 Å². The smallest absolute Gasteiger partial charge is 0.311 e. The molecule has 1 unspecified atom stereocenters. The van der Waals surface area contributed by atoms with Gasteiger partial charge in [0.15, 0.2) is 5.75 Å². The number of carboxylic acids is 1. The van der Waals surface area contributed by atoms with Gasteiger partial charge in [-0.05, 0) is 43.7 Å². The van der Waals surface area contributed by atoms with E-state index in [-0.39, 0.29) is 6.04 Å². The molecule has 0 aliphatic carbocycles. The Hall–Kier alpha value is -2.57. The van der Waals surface area contributed by atoms with Crippen molar-refractivity contribution in [2.24, 2.45) is 10.4 Å². The van der Waals surface area contributed by atoms with E-state index in [4.69, 9.17) is 21.3 Å². The molecule has 1 saturated heterocycles. The van der Waals surface area contributed by atoms with E-state index in [2.05, 4.69) is 10.2 Å². The third-order valence-electron chi connectivity index (χ3n) is 6.00. The molecule has 2 aromatic rings. The van der Waals surface area contributed by atoms with Crippen molar-refractivity contribution in [1.82, 2.24) is 10.2 Å². The molecule has 2 N–H and O–H groups in total. The number of amidine groups is 1. The lowest BCUT2D eigenvalue weighted by Gasteiger charge is -2.42. The Kier molecular flexibility index (Phi) is 5.71. The quantitative estimate of drug-likeness (QED) is 0.740. The zero-order valence-corrected chi connectivity index (χ0v) is 17.9. The van der Waals surface area contributed by atoms with Crippen molar-refractivity contribution in [1.29, 1.82) is 0 Å². The van der Waals surface area contributed by atoms with Crippen LogP contribution in [0.3, 0.4) is 0 Å². The Balaban J connectivity index is 1.75. The SMILES string of the molecule is CCC[C@@](C)(C(=O)O)C1CN(C2=Nc3cc(Cl)ccc3Oc3ccccc32)CCN1. The van der Waals surface area contributed by atoms with E-state index in [9.17, 15) is 9.90 Å². The summed E-state index contributed by atoms with van der Waals surface area (Å²) in [5.41, 5.74) is 0.701. The highest BCUT2D eigenvalue weighted by molar-refractivity contribution is 6.31. The predicted octanol–water partition coefficient (Wildman–Crippen LogP) is 4.69. The molecule has 6 nitrogen and oxygen atoms in total. The molecule has 0 bridgehead atoms. The maximum atomic E-state index is 12.1. The Morgan fingerprint density at radius 3 is 2.90 bits per heavy atom. The van der Waals surface area contributed by atoms with Crippen molar-refractivity contribution in [3.8, 4) is 11.5 Å². The van der Waals surface area contributed by atoms with Crippen LogP contribution in [0.25, 0.3) is 0 Å². The second kappa shape index (κ2) is 8.28. The van der Waals surface area contributed by atoms with Crippen LogP contribution in [0.15, 0.2) is 47.5 Å². The second-order valence-corrected chi connectivity index (χ2v) is 8.51. The molecular weight excluding hydrogens is 402 g/mol. The van der Waals surface area contributed by atoms with Crippen molar-refractivity contribution in [3.05, 3.63) is 53.1 Å². The van der Waals surface area contributed by atoms with Crippen LogP contribution in [-0.2, 0) is 4.79 Å². The Labute approximate surface area is 181 Å². The maximum absolute atomic E-state index is 12.1. The predicted molar refractivity (Wildman–Crippen MR) is 118 cm³/mol. The van der Waals surface area contributed by atoms with Crippen LogP contribution >= 0.6 is 11.6 Å². The lowest BCUT2D eigenvalue weighted by molar-refractivity contribution is -0.151. The fourth-order valence-corrected chi connectivity index (χ4v) is 4.42. The highest BCUT2D eigenvalue weighted by atomic mass is 35.5. The van der Waals surface area contributed by atoms with Crippen LogP contribution < -0.4 is 10.1 Å². The van der Waals surface area contributed by atoms with E-state index in [0.29, 0.717) is 36.0 Å². The minimum Gasteiger partial charge on any atom is -0.481 e. The lowest BCUT2D eigenvalue weighted by atomic mass is 9.77. The van der Waals surface area contributed by atoms with Gasteiger partial charge in [-0.2, -0.15) is 0 Å². The van der Waals surface area contributed by atoms with Gasteiger partial charge in [-0.3, -0.25) is 4.79 Å². The topological polar surface area (TPSA) is 74.2 Å². The summed E-state index contributed by atoms with van der Waals surface area (Å²) in [6.07, 6.45) is 1.42. The molecule has 2 aliphatic rings. The Bertz CT molecular complexity index is 993. The summed E-state index contributed by atoms with van der Waals surface area (Å²) in [5.74, 6) is 1.38. The summed E-state index contributed by atoms with van der Waals surface area (Å²) in [6.45, 7) is 5.81. The summed E-state index contributed by atoms with van der Waals surface area (Å²) in [6, 6.07) is 13.0. The van der Waals surface area contributed by atoms with Gasteiger partial charge >= 0.3 is 5.97 Å². The molecule has 0 spiro atoms. The van der Waals surface area contributed by atoms with Gasteiger partial charge in [0.2, 0.25) is 0 Å². The van der Waals surface area contributed by atoms with Gasteiger partial charge in [-0.1, -0.05) is 37.1 Å². The summed E-state index contributed by atoms with van der Waals surface area (Å²) < 4.78 is 6.14. The van der Waals surface area contributed by atoms with Crippen molar-refractivity contribution >= 4 is 29.1 Å². The number of nitrogens with zero attached hydrogens (tertiary/aromatic N) is 2. The van der Waals surface area contributed by atoms with Gasteiger partial charge in [0.05, 0.1) is 11.0 Å². The van der Waals surface area contributed by atoms with Crippen LogP contribution in [0.1, 0.15) is 32.3 Å². The second-order valence-electron chi connectivity index (χ2n) is 8.07. The van der Waals surface area contributed by atoms with Crippen LogP contribution in [0.4, 0.5) is 5.69 Å². The average Bonchev–Trinajstić information content (AvgIpc) is 2.90. The van der Waals surface area contributed by atoms with Crippen molar-refractivity contribution < 1.29 is 14.6 Å². The molecule has 0 amide bonds. The van der Waals surface area contributed by atoms with Gasteiger partial charge in [-0.25, -0.2) is 4.99 Å². The first-order chi connectivity index (χ1) is 14.4. The number of para-hydroxylation sites is 1.